The zero-order valence-electron chi connectivity index (χ0n) is 16.0. The SMILES string of the molecule is COc1ccc2c(c1)CCCN2C(=O)c1cc(C)n(Cc2ccco2)c1C. The fourth-order valence-electron chi connectivity index (χ4n) is 3.88. The number of methoxy groups -OCH3 is 1. The molecule has 0 saturated heterocycles. The summed E-state index contributed by atoms with van der Waals surface area (Å²) in [5, 5.41) is 0. The minimum absolute atomic E-state index is 0.0555. The van der Waals surface area contributed by atoms with Gasteiger partial charge >= 0.3 is 0 Å². The number of nitrogens with zero attached hydrogens (tertiary/aromatic N) is 2. The van der Waals surface area contributed by atoms with Crippen molar-refractivity contribution in [3.63, 3.8) is 0 Å². The predicted molar refractivity (Wildman–Crippen MR) is 105 cm³/mol. The van der Waals surface area contributed by atoms with E-state index in [1.165, 1.54) is 5.56 Å². The highest BCUT2D eigenvalue weighted by molar-refractivity contribution is 6.07. The van der Waals surface area contributed by atoms with Crippen molar-refractivity contribution in [1.29, 1.82) is 0 Å². The maximum Gasteiger partial charge on any atom is 0.260 e. The van der Waals surface area contributed by atoms with Crippen molar-refractivity contribution in [3.05, 3.63) is 70.9 Å². The number of ether oxygens (including phenoxy) is 1. The number of hydrogen-bond acceptors (Lipinski definition) is 3. The molecule has 0 bridgehead atoms. The predicted octanol–water partition coefficient (Wildman–Crippen LogP) is 4.35. The molecule has 140 valence electrons. The topological polar surface area (TPSA) is 47.6 Å². The van der Waals surface area contributed by atoms with E-state index in [-0.39, 0.29) is 5.91 Å². The average molecular weight is 364 g/mol. The van der Waals surface area contributed by atoms with Crippen LogP contribution in [0.4, 0.5) is 5.69 Å². The molecule has 5 nitrogen and oxygen atoms in total. The Hall–Kier alpha value is -2.95. The number of amides is 1. The van der Waals surface area contributed by atoms with Crippen molar-refractivity contribution in [1.82, 2.24) is 4.57 Å². The number of carbonyl (C=O) groups is 1. The summed E-state index contributed by atoms with van der Waals surface area (Å²) in [5.41, 5.74) is 4.93. The van der Waals surface area contributed by atoms with E-state index < -0.39 is 0 Å². The zero-order valence-corrected chi connectivity index (χ0v) is 16.0. The molecule has 0 atom stereocenters. The smallest absolute Gasteiger partial charge is 0.260 e. The molecule has 0 radical (unpaired) electrons. The highest BCUT2D eigenvalue weighted by Gasteiger charge is 2.27. The molecule has 3 aromatic rings. The lowest BCUT2D eigenvalue weighted by molar-refractivity contribution is 0.0984. The van der Waals surface area contributed by atoms with E-state index in [1.54, 1.807) is 13.4 Å². The fourth-order valence-corrected chi connectivity index (χ4v) is 3.88. The van der Waals surface area contributed by atoms with Crippen LogP contribution in [-0.4, -0.2) is 24.1 Å². The Morgan fingerprint density at radius 2 is 2.07 bits per heavy atom. The third kappa shape index (κ3) is 3.14. The molecule has 3 heterocycles. The monoisotopic (exact) mass is 364 g/mol. The first-order valence-electron chi connectivity index (χ1n) is 9.26. The number of hydrogen-bond donors (Lipinski definition) is 0. The summed E-state index contributed by atoms with van der Waals surface area (Å²) in [6.45, 7) is 5.40. The molecule has 1 aliphatic heterocycles. The van der Waals surface area contributed by atoms with Crippen LogP contribution in [0.3, 0.4) is 0 Å². The maximum atomic E-state index is 13.4. The number of fused-ring (bicyclic) bond motifs is 1. The first-order valence-corrected chi connectivity index (χ1v) is 9.26. The molecule has 2 aromatic heterocycles. The first kappa shape index (κ1) is 17.5. The molecule has 0 aliphatic carbocycles. The molecule has 1 amide bonds. The number of carbonyl (C=O) groups excluding carboxylic acids is 1. The van der Waals surface area contributed by atoms with Gasteiger partial charge in [0.15, 0.2) is 0 Å². The van der Waals surface area contributed by atoms with Gasteiger partial charge in [-0.15, -0.1) is 0 Å². The minimum atomic E-state index is 0.0555. The van der Waals surface area contributed by atoms with Crippen molar-refractivity contribution in [3.8, 4) is 5.75 Å². The zero-order chi connectivity index (χ0) is 19.0. The van der Waals surface area contributed by atoms with Crippen LogP contribution in [0.2, 0.25) is 0 Å². The van der Waals surface area contributed by atoms with Crippen LogP contribution in [0.1, 0.15) is 39.5 Å². The van der Waals surface area contributed by atoms with Gasteiger partial charge in [-0.2, -0.15) is 0 Å². The molecular weight excluding hydrogens is 340 g/mol. The van der Waals surface area contributed by atoms with Crippen LogP contribution in [0, 0.1) is 13.8 Å². The standard InChI is InChI=1S/C22H24N2O3/c1-15-12-20(16(2)24(15)14-19-7-5-11-27-19)22(25)23-10-4-6-17-13-18(26-3)8-9-21(17)23/h5,7-9,11-13H,4,6,10,14H2,1-3H3. The second-order valence-corrected chi connectivity index (χ2v) is 7.01. The van der Waals surface area contributed by atoms with Gasteiger partial charge in [-0.1, -0.05) is 0 Å². The summed E-state index contributed by atoms with van der Waals surface area (Å²) in [6.07, 6.45) is 3.60. The van der Waals surface area contributed by atoms with Crippen molar-refractivity contribution in [2.75, 3.05) is 18.6 Å². The van der Waals surface area contributed by atoms with E-state index in [0.717, 1.165) is 53.5 Å². The van der Waals surface area contributed by atoms with Gasteiger partial charge in [-0.3, -0.25) is 4.79 Å². The van der Waals surface area contributed by atoms with Crippen molar-refractivity contribution >= 4 is 11.6 Å². The number of rotatable bonds is 4. The molecule has 0 fully saturated rings. The summed E-state index contributed by atoms with van der Waals surface area (Å²) in [5.74, 6) is 1.77. The van der Waals surface area contributed by atoms with Gasteiger partial charge in [-0.25, -0.2) is 0 Å². The molecule has 0 N–H and O–H groups in total. The van der Waals surface area contributed by atoms with Crippen LogP contribution in [0.5, 0.6) is 5.75 Å². The Morgan fingerprint density at radius 1 is 1.22 bits per heavy atom. The third-order valence-corrected chi connectivity index (χ3v) is 5.35. The number of anilines is 1. The summed E-state index contributed by atoms with van der Waals surface area (Å²) in [7, 11) is 1.67. The van der Waals surface area contributed by atoms with Crippen molar-refractivity contribution in [2.45, 2.75) is 33.2 Å². The summed E-state index contributed by atoms with van der Waals surface area (Å²) in [4.78, 5) is 15.3. The maximum absolute atomic E-state index is 13.4. The molecule has 4 rings (SSSR count). The van der Waals surface area contributed by atoms with E-state index in [2.05, 4.69) is 4.57 Å². The fraction of sp³-hybridized carbons (Fsp3) is 0.318. The normalized spacial score (nSPS) is 13.5. The van der Waals surface area contributed by atoms with Crippen molar-refractivity contribution < 1.29 is 13.9 Å². The van der Waals surface area contributed by atoms with Crippen LogP contribution in [0.15, 0.2) is 47.1 Å². The van der Waals surface area contributed by atoms with Crippen LogP contribution >= 0.6 is 0 Å². The van der Waals surface area contributed by atoms with Crippen LogP contribution in [-0.2, 0) is 13.0 Å². The van der Waals surface area contributed by atoms with Gasteiger partial charge < -0.3 is 18.6 Å². The quantitative estimate of drug-likeness (QED) is 0.691. The summed E-state index contributed by atoms with van der Waals surface area (Å²) < 4.78 is 12.9. The average Bonchev–Trinajstić information content (AvgIpc) is 3.30. The molecule has 5 heteroatoms. The van der Waals surface area contributed by atoms with Crippen molar-refractivity contribution in [2.24, 2.45) is 0 Å². The van der Waals surface area contributed by atoms with Crippen LogP contribution < -0.4 is 9.64 Å². The van der Waals surface area contributed by atoms with Gasteiger partial charge in [0, 0.05) is 23.6 Å². The van der Waals surface area contributed by atoms with E-state index in [0.29, 0.717) is 6.54 Å². The Kier molecular flexibility index (Phi) is 4.52. The summed E-state index contributed by atoms with van der Waals surface area (Å²) in [6, 6.07) is 11.8. The second-order valence-electron chi connectivity index (χ2n) is 7.01. The highest BCUT2D eigenvalue weighted by Crippen LogP contribution is 2.32. The van der Waals surface area contributed by atoms with Gasteiger partial charge in [0.25, 0.3) is 5.91 Å². The lowest BCUT2D eigenvalue weighted by Gasteiger charge is -2.30. The van der Waals surface area contributed by atoms with Gasteiger partial charge in [0.2, 0.25) is 0 Å². The van der Waals surface area contributed by atoms with Gasteiger partial charge in [0.1, 0.15) is 11.5 Å². The molecule has 1 aromatic carbocycles. The highest BCUT2D eigenvalue weighted by atomic mass is 16.5. The molecule has 0 saturated carbocycles. The molecule has 1 aliphatic rings. The Balaban J connectivity index is 1.66. The molecule has 0 unspecified atom stereocenters. The second kappa shape index (κ2) is 6.99. The third-order valence-electron chi connectivity index (χ3n) is 5.35. The largest absolute Gasteiger partial charge is 0.497 e. The molecular formula is C22H24N2O3. The molecule has 0 spiro atoms. The van der Waals surface area contributed by atoms with E-state index in [1.807, 2.05) is 55.1 Å². The Labute approximate surface area is 159 Å². The number of benzene rings is 1. The summed E-state index contributed by atoms with van der Waals surface area (Å²) >= 11 is 0. The Bertz CT molecular complexity index is 970. The lowest BCUT2D eigenvalue weighted by Crippen LogP contribution is -2.35. The lowest BCUT2D eigenvalue weighted by atomic mass is 10.0. The first-order chi connectivity index (χ1) is 13.1. The van der Waals surface area contributed by atoms with E-state index in [4.69, 9.17) is 9.15 Å². The number of aromatic nitrogens is 1. The van der Waals surface area contributed by atoms with Crippen LogP contribution in [0.25, 0.3) is 0 Å². The molecule has 27 heavy (non-hydrogen) atoms. The van der Waals surface area contributed by atoms with E-state index in [9.17, 15) is 4.79 Å². The minimum Gasteiger partial charge on any atom is -0.497 e. The number of aryl methyl sites for hydroxylation is 2. The van der Waals surface area contributed by atoms with Gasteiger partial charge in [0.05, 0.1) is 25.5 Å². The van der Waals surface area contributed by atoms with E-state index >= 15 is 0 Å². The Morgan fingerprint density at radius 3 is 2.81 bits per heavy atom. The number of furan rings is 1. The van der Waals surface area contributed by atoms with Gasteiger partial charge in [-0.05, 0) is 68.7 Å².